The Morgan fingerprint density at radius 1 is 1.43 bits per heavy atom. The van der Waals surface area contributed by atoms with Crippen LogP contribution >= 0.6 is 11.8 Å². The minimum atomic E-state index is 0.266. The molecular weight excluding hydrogens is 192 g/mol. The molecule has 1 nitrogen and oxygen atoms in total. The largest absolute Gasteiger partial charge is 0.294 e. The summed E-state index contributed by atoms with van der Waals surface area (Å²) in [6.45, 7) is 2.10. The molecule has 0 atom stereocenters. The van der Waals surface area contributed by atoms with E-state index in [1.807, 2.05) is 30.5 Å². The molecule has 0 N–H and O–H groups in total. The number of hydrogen-bond acceptors (Lipinski definition) is 2. The lowest BCUT2D eigenvalue weighted by atomic mass is 10.1. The van der Waals surface area contributed by atoms with Gasteiger partial charge >= 0.3 is 0 Å². The summed E-state index contributed by atoms with van der Waals surface area (Å²) >= 11 is 1.67. The lowest BCUT2D eigenvalue weighted by Crippen LogP contribution is -1.98. The molecule has 76 valence electrons. The van der Waals surface area contributed by atoms with Crippen molar-refractivity contribution in [2.45, 2.75) is 31.1 Å². The summed E-state index contributed by atoms with van der Waals surface area (Å²) < 4.78 is 0. The number of rotatable bonds is 5. The highest BCUT2D eigenvalue weighted by molar-refractivity contribution is 7.98. The van der Waals surface area contributed by atoms with Crippen LogP contribution in [0.15, 0.2) is 29.2 Å². The van der Waals surface area contributed by atoms with E-state index in [-0.39, 0.29) is 5.78 Å². The summed E-state index contributed by atoms with van der Waals surface area (Å²) in [5, 5.41) is 0. The number of ketones is 1. The zero-order chi connectivity index (χ0) is 10.4. The highest BCUT2D eigenvalue weighted by Gasteiger charge is 2.04. The van der Waals surface area contributed by atoms with Crippen LogP contribution in [0.1, 0.15) is 36.5 Å². The zero-order valence-corrected chi connectivity index (χ0v) is 9.56. The van der Waals surface area contributed by atoms with E-state index >= 15 is 0 Å². The molecule has 2 heteroatoms. The van der Waals surface area contributed by atoms with Crippen LogP contribution in [0, 0.1) is 0 Å². The molecule has 0 unspecified atom stereocenters. The number of unbranched alkanes of at least 4 members (excludes halogenated alkanes) is 1. The fourth-order valence-electron chi connectivity index (χ4n) is 1.28. The van der Waals surface area contributed by atoms with Gasteiger partial charge in [-0.1, -0.05) is 25.5 Å². The van der Waals surface area contributed by atoms with E-state index < -0.39 is 0 Å². The SMILES string of the molecule is CCCCC(=O)c1cccc(SC)c1. The third-order valence-electron chi connectivity index (χ3n) is 2.15. The minimum Gasteiger partial charge on any atom is -0.294 e. The second-order valence-electron chi connectivity index (χ2n) is 3.26. The Morgan fingerprint density at radius 3 is 2.86 bits per heavy atom. The van der Waals surface area contributed by atoms with Crippen LogP contribution in [0.2, 0.25) is 0 Å². The molecule has 0 fully saturated rings. The molecule has 14 heavy (non-hydrogen) atoms. The Balaban J connectivity index is 2.69. The van der Waals surface area contributed by atoms with E-state index in [0.717, 1.165) is 23.3 Å². The molecule has 0 aromatic heterocycles. The Kier molecular flexibility index (Phi) is 4.74. The third-order valence-corrected chi connectivity index (χ3v) is 2.87. The van der Waals surface area contributed by atoms with Gasteiger partial charge in [-0.05, 0) is 24.8 Å². The van der Waals surface area contributed by atoms with E-state index in [9.17, 15) is 4.79 Å². The molecule has 0 bridgehead atoms. The van der Waals surface area contributed by atoms with Crippen molar-refractivity contribution in [2.75, 3.05) is 6.26 Å². The van der Waals surface area contributed by atoms with E-state index in [0.29, 0.717) is 6.42 Å². The number of carbonyl (C=O) groups excluding carboxylic acids is 1. The van der Waals surface area contributed by atoms with Gasteiger partial charge in [-0.3, -0.25) is 4.79 Å². The smallest absolute Gasteiger partial charge is 0.162 e. The number of Topliss-reactive ketones (excluding diaryl/α,β-unsaturated/α-hetero) is 1. The summed E-state index contributed by atoms with van der Waals surface area (Å²) in [5.74, 6) is 0.266. The maximum absolute atomic E-state index is 11.7. The van der Waals surface area contributed by atoms with E-state index in [4.69, 9.17) is 0 Å². The standard InChI is InChI=1S/C12H16OS/c1-3-4-8-12(13)10-6-5-7-11(9-10)14-2/h5-7,9H,3-4,8H2,1-2H3. The molecule has 0 spiro atoms. The van der Waals surface area contributed by atoms with Crippen molar-refractivity contribution in [1.82, 2.24) is 0 Å². The molecule has 1 rings (SSSR count). The summed E-state index contributed by atoms with van der Waals surface area (Å²) in [7, 11) is 0. The molecule has 0 radical (unpaired) electrons. The Labute approximate surface area is 89.9 Å². The zero-order valence-electron chi connectivity index (χ0n) is 8.75. The Morgan fingerprint density at radius 2 is 2.21 bits per heavy atom. The van der Waals surface area contributed by atoms with Crippen molar-refractivity contribution < 1.29 is 4.79 Å². The maximum atomic E-state index is 11.7. The van der Waals surface area contributed by atoms with Gasteiger partial charge < -0.3 is 0 Å². The molecule has 0 heterocycles. The topological polar surface area (TPSA) is 17.1 Å². The average Bonchev–Trinajstić information content (AvgIpc) is 2.26. The number of benzene rings is 1. The van der Waals surface area contributed by atoms with Gasteiger partial charge in [-0.25, -0.2) is 0 Å². The van der Waals surface area contributed by atoms with Gasteiger partial charge in [0.2, 0.25) is 0 Å². The van der Waals surface area contributed by atoms with Gasteiger partial charge in [-0.15, -0.1) is 11.8 Å². The van der Waals surface area contributed by atoms with Gasteiger partial charge in [0.25, 0.3) is 0 Å². The maximum Gasteiger partial charge on any atom is 0.162 e. The molecule has 0 aliphatic carbocycles. The van der Waals surface area contributed by atoms with E-state index in [1.54, 1.807) is 11.8 Å². The average molecular weight is 208 g/mol. The Hall–Kier alpha value is -0.760. The first kappa shape index (κ1) is 11.3. The Bertz CT molecular complexity index is 307. The predicted molar refractivity (Wildman–Crippen MR) is 62.1 cm³/mol. The van der Waals surface area contributed by atoms with Gasteiger partial charge in [0.1, 0.15) is 0 Å². The third kappa shape index (κ3) is 3.18. The van der Waals surface area contributed by atoms with Gasteiger partial charge in [0.15, 0.2) is 5.78 Å². The lowest BCUT2D eigenvalue weighted by Gasteiger charge is -2.01. The molecule has 1 aromatic rings. The number of carbonyl (C=O) groups is 1. The quantitative estimate of drug-likeness (QED) is 0.541. The van der Waals surface area contributed by atoms with Crippen LogP contribution in [0.3, 0.4) is 0 Å². The first-order valence-electron chi connectivity index (χ1n) is 4.95. The molecule has 0 aliphatic heterocycles. The number of thioether (sulfide) groups is 1. The molecule has 0 amide bonds. The lowest BCUT2D eigenvalue weighted by molar-refractivity contribution is 0.0979. The predicted octanol–water partition coefficient (Wildman–Crippen LogP) is 3.78. The summed E-state index contributed by atoms with van der Waals surface area (Å²) in [6.07, 6.45) is 4.76. The van der Waals surface area contributed by atoms with Gasteiger partial charge in [0.05, 0.1) is 0 Å². The van der Waals surface area contributed by atoms with Crippen LogP contribution in [-0.2, 0) is 0 Å². The van der Waals surface area contributed by atoms with Crippen molar-refractivity contribution in [3.8, 4) is 0 Å². The minimum absolute atomic E-state index is 0.266. The second-order valence-corrected chi connectivity index (χ2v) is 4.14. The van der Waals surface area contributed by atoms with Crippen LogP contribution in [0.5, 0.6) is 0 Å². The van der Waals surface area contributed by atoms with Crippen molar-refractivity contribution >= 4 is 17.5 Å². The fraction of sp³-hybridized carbons (Fsp3) is 0.417. The van der Waals surface area contributed by atoms with Crippen LogP contribution in [0.4, 0.5) is 0 Å². The van der Waals surface area contributed by atoms with Crippen molar-refractivity contribution in [3.05, 3.63) is 29.8 Å². The summed E-state index contributed by atoms with van der Waals surface area (Å²) in [4.78, 5) is 12.8. The van der Waals surface area contributed by atoms with Crippen LogP contribution in [0.25, 0.3) is 0 Å². The first-order valence-corrected chi connectivity index (χ1v) is 6.17. The van der Waals surface area contributed by atoms with Crippen molar-refractivity contribution in [2.24, 2.45) is 0 Å². The molecule has 0 aliphatic rings. The van der Waals surface area contributed by atoms with Crippen molar-refractivity contribution in [1.29, 1.82) is 0 Å². The monoisotopic (exact) mass is 208 g/mol. The summed E-state index contributed by atoms with van der Waals surface area (Å²) in [6, 6.07) is 7.85. The molecular formula is C12H16OS. The summed E-state index contributed by atoms with van der Waals surface area (Å²) in [5.41, 5.74) is 0.852. The number of hydrogen-bond donors (Lipinski definition) is 0. The normalized spacial score (nSPS) is 10.1. The highest BCUT2D eigenvalue weighted by Crippen LogP contribution is 2.17. The van der Waals surface area contributed by atoms with E-state index in [2.05, 4.69) is 6.92 Å². The van der Waals surface area contributed by atoms with Crippen LogP contribution in [-0.4, -0.2) is 12.0 Å². The van der Waals surface area contributed by atoms with Crippen LogP contribution < -0.4 is 0 Å². The van der Waals surface area contributed by atoms with Crippen molar-refractivity contribution in [3.63, 3.8) is 0 Å². The molecule has 0 saturated heterocycles. The van der Waals surface area contributed by atoms with E-state index in [1.165, 1.54) is 0 Å². The second kappa shape index (κ2) is 5.86. The molecule has 1 aromatic carbocycles. The molecule has 0 saturated carbocycles. The van der Waals surface area contributed by atoms with Gasteiger partial charge in [-0.2, -0.15) is 0 Å². The highest BCUT2D eigenvalue weighted by atomic mass is 32.2. The van der Waals surface area contributed by atoms with Gasteiger partial charge in [0, 0.05) is 16.9 Å². The first-order chi connectivity index (χ1) is 6.77. The fourth-order valence-corrected chi connectivity index (χ4v) is 1.74.